The van der Waals surface area contributed by atoms with Crippen LogP contribution in [0, 0.1) is 16.0 Å². The SMILES string of the molecule is O=C(CO[C@H]1CC[C@H](Nc2ccc([N+](=O)[O-])c(C(F)(F)F)c2)CC1)NCC1CCN(c2ccc(C(F)(F)F)cc2)CC1. The molecule has 1 aliphatic heterocycles. The predicted molar refractivity (Wildman–Crippen MR) is 143 cm³/mol. The van der Waals surface area contributed by atoms with Crippen molar-refractivity contribution in [1.82, 2.24) is 5.32 Å². The number of carbonyl (C=O) groups is 1. The molecule has 0 bridgehead atoms. The molecule has 14 heteroatoms. The minimum absolute atomic E-state index is 0.107. The lowest BCUT2D eigenvalue weighted by molar-refractivity contribution is -0.388. The number of nitrogens with zero attached hydrogens (tertiary/aromatic N) is 2. The van der Waals surface area contributed by atoms with Crippen LogP contribution in [0.2, 0.25) is 0 Å². The van der Waals surface area contributed by atoms with Crippen LogP contribution in [-0.2, 0) is 21.9 Å². The van der Waals surface area contributed by atoms with E-state index >= 15 is 0 Å². The first-order valence-corrected chi connectivity index (χ1v) is 13.7. The Hall–Kier alpha value is -3.55. The van der Waals surface area contributed by atoms with Crippen LogP contribution < -0.4 is 15.5 Å². The highest BCUT2D eigenvalue weighted by molar-refractivity contribution is 5.77. The number of nitrogens with one attached hydrogen (secondary N) is 2. The number of benzene rings is 2. The van der Waals surface area contributed by atoms with E-state index < -0.39 is 34.1 Å². The monoisotopic (exact) mass is 602 g/mol. The first-order valence-electron chi connectivity index (χ1n) is 13.7. The molecule has 230 valence electrons. The number of piperidine rings is 1. The number of hydrogen-bond acceptors (Lipinski definition) is 6. The average molecular weight is 603 g/mol. The highest BCUT2D eigenvalue weighted by Crippen LogP contribution is 2.38. The van der Waals surface area contributed by atoms with E-state index in [0.29, 0.717) is 45.3 Å². The third-order valence-corrected chi connectivity index (χ3v) is 7.76. The molecule has 0 unspecified atom stereocenters. The van der Waals surface area contributed by atoms with Gasteiger partial charge in [0.05, 0.1) is 16.6 Å². The molecule has 4 rings (SSSR count). The van der Waals surface area contributed by atoms with E-state index in [1.807, 2.05) is 4.90 Å². The van der Waals surface area contributed by atoms with Gasteiger partial charge < -0.3 is 20.3 Å². The number of hydrogen-bond donors (Lipinski definition) is 2. The van der Waals surface area contributed by atoms with Crippen LogP contribution in [0.15, 0.2) is 42.5 Å². The fourth-order valence-corrected chi connectivity index (χ4v) is 5.38. The largest absolute Gasteiger partial charge is 0.423 e. The molecule has 1 amide bonds. The summed E-state index contributed by atoms with van der Waals surface area (Å²) in [4.78, 5) is 24.3. The molecular formula is C28H32F6N4O4. The van der Waals surface area contributed by atoms with Gasteiger partial charge in [-0.25, -0.2) is 0 Å². The molecule has 42 heavy (non-hydrogen) atoms. The Morgan fingerprint density at radius 1 is 0.929 bits per heavy atom. The van der Waals surface area contributed by atoms with Gasteiger partial charge in [0, 0.05) is 43.1 Å². The maximum Gasteiger partial charge on any atom is 0.423 e. The fourth-order valence-electron chi connectivity index (χ4n) is 5.38. The molecular weight excluding hydrogens is 570 g/mol. The van der Waals surface area contributed by atoms with E-state index in [4.69, 9.17) is 4.74 Å². The van der Waals surface area contributed by atoms with Crippen molar-refractivity contribution in [2.24, 2.45) is 5.92 Å². The molecule has 2 fully saturated rings. The summed E-state index contributed by atoms with van der Waals surface area (Å²) < 4.78 is 83.8. The summed E-state index contributed by atoms with van der Waals surface area (Å²) in [6, 6.07) is 7.85. The summed E-state index contributed by atoms with van der Waals surface area (Å²) in [5.41, 5.74) is -2.08. The van der Waals surface area contributed by atoms with Crippen molar-refractivity contribution in [1.29, 1.82) is 0 Å². The number of nitro benzene ring substituents is 1. The second-order valence-electron chi connectivity index (χ2n) is 10.7. The first-order chi connectivity index (χ1) is 19.8. The van der Waals surface area contributed by atoms with Crippen LogP contribution in [-0.4, -0.2) is 49.2 Å². The second-order valence-corrected chi connectivity index (χ2v) is 10.7. The quantitative estimate of drug-likeness (QED) is 0.196. The van der Waals surface area contributed by atoms with Gasteiger partial charge in [0.15, 0.2) is 0 Å². The second kappa shape index (κ2) is 13.2. The molecule has 0 atom stereocenters. The lowest BCUT2D eigenvalue weighted by Crippen LogP contribution is -2.40. The minimum Gasteiger partial charge on any atom is -0.382 e. The molecule has 8 nitrogen and oxygen atoms in total. The van der Waals surface area contributed by atoms with Crippen molar-refractivity contribution in [2.75, 3.05) is 36.5 Å². The van der Waals surface area contributed by atoms with Gasteiger partial charge in [0.1, 0.15) is 12.2 Å². The van der Waals surface area contributed by atoms with Crippen molar-refractivity contribution in [3.05, 3.63) is 63.7 Å². The number of anilines is 2. The van der Waals surface area contributed by atoms with Crippen LogP contribution in [0.5, 0.6) is 0 Å². The number of nitro groups is 1. The van der Waals surface area contributed by atoms with Crippen LogP contribution in [0.3, 0.4) is 0 Å². The van der Waals surface area contributed by atoms with E-state index in [0.717, 1.165) is 42.8 Å². The Morgan fingerprint density at radius 2 is 1.57 bits per heavy atom. The van der Waals surface area contributed by atoms with E-state index in [2.05, 4.69) is 10.6 Å². The normalized spacial score (nSPS) is 20.3. The Balaban J connectivity index is 1.13. The molecule has 2 aliphatic rings. The van der Waals surface area contributed by atoms with Crippen molar-refractivity contribution in [3.8, 4) is 0 Å². The maximum atomic E-state index is 13.2. The number of alkyl halides is 6. The van der Waals surface area contributed by atoms with Gasteiger partial charge in [-0.15, -0.1) is 0 Å². The lowest BCUT2D eigenvalue weighted by atomic mass is 9.92. The van der Waals surface area contributed by atoms with Gasteiger partial charge in [-0.2, -0.15) is 26.3 Å². The van der Waals surface area contributed by atoms with Gasteiger partial charge >= 0.3 is 12.4 Å². The number of ether oxygens (including phenoxy) is 1. The molecule has 1 aliphatic carbocycles. The summed E-state index contributed by atoms with van der Waals surface area (Å²) in [5, 5.41) is 16.8. The summed E-state index contributed by atoms with van der Waals surface area (Å²) >= 11 is 0. The molecule has 1 heterocycles. The Kier molecular flexibility index (Phi) is 9.85. The van der Waals surface area contributed by atoms with Crippen LogP contribution in [0.25, 0.3) is 0 Å². The number of rotatable bonds is 9. The number of amides is 1. The molecule has 1 saturated heterocycles. The van der Waals surface area contributed by atoms with Gasteiger partial charge in [-0.1, -0.05) is 0 Å². The summed E-state index contributed by atoms with van der Waals surface area (Å²) in [6.45, 7) is 1.73. The van der Waals surface area contributed by atoms with E-state index in [9.17, 15) is 41.3 Å². The van der Waals surface area contributed by atoms with Crippen molar-refractivity contribution < 1.29 is 40.8 Å². The fraction of sp³-hybridized carbons (Fsp3) is 0.536. The average Bonchev–Trinajstić information content (AvgIpc) is 2.95. The van der Waals surface area contributed by atoms with Crippen LogP contribution >= 0.6 is 0 Å². The minimum atomic E-state index is -4.85. The molecule has 2 aromatic rings. The third kappa shape index (κ3) is 8.49. The maximum absolute atomic E-state index is 13.2. The van der Waals surface area contributed by atoms with E-state index in [-0.39, 0.29) is 36.3 Å². The first kappa shape index (κ1) is 31.4. The zero-order valence-corrected chi connectivity index (χ0v) is 22.6. The van der Waals surface area contributed by atoms with Crippen LogP contribution in [0.1, 0.15) is 49.7 Å². The van der Waals surface area contributed by atoms with E-state index in [1.165, 1.54) is 18.2 Å². The molecule has 1 saturated carbocycles. The Bertz CT molecular complexity index is 1220. The Morgan fingerprint density at radius 3 is 2.14 bits per heavy atom. The van der Waals surface area contributed by atoms with Gasteiger partial charge in [-0.05, 0) is 80.8 Å². The topological polar surface area (TPSA) is 96.7 Å². The van der Waals surface area contributed by atoms with E-state index in [1.54, 1.807) is 0 Å². The molecule has 0 radical (unpaired) electrons. The van der Waals surface area contributed by atoms with Crippen molar-refractivity contribution in [2.45, 2.75) is 63.0 Å². The smallest absolute Gasteiger partial charge is 0.382 e. The zero-order valence-electron chi connectivity index (χ0n) is 22.6. The number of halogens is 6. The highest BCUT2D eigenvalue weighted by atomic mass is 19.4. The Labute approximate surface area is 238 Å². The predicted octanol–water partition coefficient (Wildman–Crippen LogP) is 6.40. The highest BCUT2D eigenvalue weighted by Gasteiger charge is 2.38. The molecule has 0 spiro atoms. The summed E-state index contributed by atoms with van der Waals surface area (Å²) in [6.07, 6.45) is -5.39. The summed E-state index contributed by atoms with van der Waals surface area (Å²) in [5.74, 6) is 0.00409. The van der Waals surface area contributed by atoms with Gasteiger partial charge in [0.25, 0.3) is 5.69 Å². The van der Waals surface area contributed by atoms with Gasteiger partial charge in [-0.3, -0.25) is 14.9 Å². The standard InChI is InChI=1S/C28H32F6N4O4/c29-27(30,31)19-1-6-22(7-2-19)37-13-11-18(12-14-37)16-35-26(39)17-42-23-8-3-20(4-9-23)36-21-5-10-25(38(40)41)24(15-21)28(32,33)34/h1-2,5-7,10,15,18,20,23,36H,3-4,8-9,11-14,16-17H2,(H,35,39)/t20-,23-. The number of carbonyl (C=O) groups excluding carboxylic acids is 1. The third-order valence-electron chi connectivity index (χ3n) is 7.76. The summed E-state index contributed by atoms with van der Waals surface area (Å²) in [7, 11) is 0. The molecule has 0 aromatic heterocycles. The lowest BCUT2D eigenvalue weighted by Gasteiger charge is -2.34. The zero-order chi connectivity index (χ0) is 30.5. The van der Waals surface area contributed by atoms with Crippen LogP contribution in [0.4, 0.5) is 43.4 Å². The molecule has 2 N–H and O–H groups in total. The molecule has 2 aromatic carbocycles. The van der Waals surface area contributed by atoms with Crippen molar-refractivity contribution in [3.63, 3.8) is 0 Å². The van der Waals surface area contributed by atoms with Crippen molar-refractivity contribution >= 4 is 23.0 Å². The van der Waals surface area contributed by atoms with Gasteiger partial charge in [0.2, 0.25) is 5.91 Å².